The summed E-state index contributed by atoms with van der Waals surface area (Å²) >= 11 is 0. The number of esters is 4. The Bertz CT molecular complexity index is 1690. The molecule has 0 aromatic rings. The Morgan fingerprint density at radius 3 is 0.682 bits per heavy atom. The van der Waals surface area contributed by atoms with Crippen LogP contribution in [0.2, 0.25) is 24.2 Å². The first-order valence-electron chi connectivity index (χ1n) is 28.1. The highest BCUT2D eigenvalue weighted by molar-refractivity contribution is 6.97. The molecular formula is C62H104O24Si2. The molecule has 8 N–H and O–H groups in total. The van der Waals surface area contributed by atoms with Gasteiger partial charge in [-0.05, 0) is 49.9 Å². The number of carbonyl (C=O) groups is 4. The highest BCUT2D eigenvalue weighted by Crippen LogP contribution is 2.28. The maximum Gasteiger partial charge on any atom is 0.330 e. The van der Waals surface area contributed by atoms with Crippen LogP contribution in [0.3, 0.4) is 0 Å². The summed E-state index contributed by atoms with van der Waals surface area (Å²) in [6.45, 7) is 40.5. The first kappa shape index (κ1) is 89.0. The van der Waals surface area contributed by atoms with Gasteiger partial charge >= 0.3 is 23.9 Å². The van der Waals surface area contributed by atoms with Crippen molar-refractivity contribution in [2.24, 2.45) is 10.8 Å². The Kier molecular flexibility index (Phi) is 59.9. The van der Waals surface area contributed by atoms with Crippen LogP contribution in [0.15, 0.2) is 150 Å². The summed E-state index contributed by atoms with van der Waals surface area (Å²) < 4.78 is 62.2. The molecule has 0 aliphatic rings. The Morgan fingerprint density at radius 1 is 0.341 bits per heavy atom. The molecule has 0 radical (unpaired) electrons. The summed E-state index contributed by atoms with van der Waals surface area (Å²) in [6, 6.07) is 4.54. The van der Waals surface area contributed by atoms with Gasteiger partial charge in [0.05, 0.1) is 96.2 Å². The molecule has 0 spiro atoms. The second kappa shape index (κ2) is 59.2. The molecule has 0 heterocycles. The standard InChI is InChI=1S/C33H52O16.C12H20Si.C9H20O8.C8H12Si/c1-5-29(38)46-17-25(34)9-13-42-21-33(22-43-14-10-26(35)18-47-30(39)6-2,23-44-15-11-27(36)19-48-31(40)7-3)24-45-16-12-28(37)20-49-32(41)8-4;1-5-9-13(10-6-2,11-7-3)12-8-4;10-5-14-1-9(2-15-6-11,3-16-7-12)4-17-8-13;1-5-9(6-2,7-3)8-4/h5-8,25-28,34-37H,1-4,9-24H2;5-8H,1-4,9-12H2;10-13H,1-8H2;5-8H,1-4H2. The molecule has 0 aromatic heterocycles. The number of ether oxygens (including phenoxy) is 12. The van der Waals surface area contributed by atoms with Crippen LogP contribution < -0.4 is 0 Å². The molecule has 24 nitrogen and oxygen atoms in total. The second-order valence-corrected chi connectivity index (χ2v) is 27.8. The van der Waals surface area contributed by atoms with Crippen LogP contribution in [0.5, 0.6) is 0 Å². The molecule has 0 fully saturated rings. The number of aliphatic hydroxyl groups is 8. The van der Waals surface area contributed by atoms with E-state index < -0.39 is 102 Å². The smallest absolute Gasteiger partial charge is 0.330 e. The van der Waals surface area contributed by atoms with E-state index in [1.54, 1.807) is 0 Å². The average Bonchev–Trinajstić information content (AvgIpc) is 3.51. The fourth-order valence-electron chi connectivity index (χ4n) is 7.09. The highest BCUT2D eigenvalue weighted by atomic mass is 28.3. The predicted molar refractivity (Wildman–Crippen MR) is 340 cm³/mol. The molecule has 0 saturated carbocycles. The minimum absolute atomic E-state index is 0.0231. The van der Waals surface area contributed by atoms with Crippen molar-refractivity contribution < 1.29 is 117 Å². The van der Waals surface area contributed by atoms with Gasteiger partial charge < -0.3 is 97.7 Å². The van der Waals surface area contributed by atoms with Gasteiger partial charge in [0.15, 0.2) is 0 Å². The van der Waals surface area contributed by atoms with Crippen LogP contribution in [0, 0.1) is 10.8 Å². The predicted octanol–water partition coefficient (Wildman–Crippen LogP) is 4.31. The van der Waals surface area contributed by atoms with E-state index >= 15 is 0 Å². The molecule has 0 aromatic carbocycles. The molecule has 88 heavy (non-hydrogen) atoms. The van der Waals surface area contributed by atoms with Crippen molar-refractivity contribution >= 4 is 40.0 Å². The molecule has 26 heteroatoms. The minimum atomic E-state index is -1.64. The van der Waals surface area contributed by atoms with E-state index in [2.05, 4.69) is 78.9 Å². The van der Waals surface area contributed by atoms with Crippen LogP contribution in [0.4, 0.5) is 0 Å². The van der Waals surface area contributed by atoms with E-state index in [0.29, 0.717) is 0 Å². The molecule has 0 aliphatic carbocycles. The fourth-order valence-corrected chi connectivity index (χ4v) is 11.5. The lowest BCUT2D eigenvalue weighted by Crippen LogP contribution is -2.42. The molecule has 0 saturated heterocycles. The van der Waals surface area contributed by atoms with Crippen LogP contribution in [-0.2, 0) is 76.0 Å². The molecule has 504 valence electrons. The zero-order valence-electron chi connectivity index (χ0n) is 51.6. The Morgan fingerprint density at radius 2 is 0.534 bits per heavy atom. The molecule has 0 aliphatic heterocycles. The van der Waals surface area contributed by atoms with Crippen LogP contribution in [-0.4, -0.2) is 238 Å². The average molecular weight is 1290 g/mol. The fraction of sp³-hybridized carbons (Fsp3) is 0.548. The third kappa shape index (κ3) is 48.5. The summed E-state index contributed by atoms with van der Waals surface area (Å²) in [7, 11) is -2.90. The van der Waals surface area contributed by atoms with Crippen LogP contribution >= 0.6 is 0 Å². The van der Waals surface area contributed by atoms with Gasteiger partial charge in [-0.15, -0.1) is 52.6 Å². The van der Waals surface area contributed by atoms with Crippen molar-refractivity contribution in [3.05, 3.63) is 150 Å². The summed E-state index contributed by atoms with van der Waals surface area (Å²) in [4.78, 5) is 45.1. The number of allylic oxidation sites excluding steroid dienone is 4. The topological polar surface area (TPSA) is 341 Å². The number of hydrogen-bond acceptors (Lipinski definition) is 24. The van der Waals surface area contributed by atoms with Gasteiger partial charge in [0.2, 0.25) is 0 Å². The van der Waals surface area contributed by atoms with Gasteiger partial charge in [0.1, 0.15) is 61.7 Å². The number of rotatable bonds is 56. The normalized spacial score (nSPS) is 13.0. The van der Waals surface area contributed by atoms with E-state index in [9.17, 15) is 39.6 Å². The van der Waals surface area contributed by atoms with Gasteiger partial charge in [-0.2, -0.15) is 0 Å². The van der Waals surface area contributed by atoms with Gasteiger partial charge in [0, 0.05) is 50.7 Å². The van der Waals surface area contributed by atoms with Crippen molar-refractivity contribution in [2.45, 2.75) is 74.3 Å². The third-order valence-electron chi connectivity index (χ3n) is 12.1. The van der Waals surface area contributed by atoms with Gasteiger partial charge in [0.25, 0.3) is 0 Å². The van der Waals surface area contributed by atoms with Crippen molar-refractivity contribution in [3.8, 4) is 0 Å². The first-order chi connectivity index (χ1) is 42.1. The molecule has 0 bridgehead atoms. The SMILES string of the molecule is C=CC(=O)OCC(O)CCOCC(COCCC(O)COC(=O)C=C)(COCCC(O)COC(=O)C=C)COCCC(O)COC(=O)C=C.C=CC[Si](CC=C)(CC=C)CC=C.C=C[Si](C=C)(C=C)C=C.OCOCC(COCO)(COCO)COCO. The lowest BCUT2D eigenvalue weighted by molar-refractivity contribution is -0.164. The Balaban J connectivity index is -0.000000721. The van der Waals surface area contributed by atoms with Crippen molar-refractivity contribution in [1.82, 2.24) is 0 Å². The van der Waals surface area contributed by atoms with Crippen LogP contribution in [0.1, 0.15) is 25.7 Å². The zero-order chi connectivity index (χ0) is 67.4. The summed E-state index contributed by atoms with van der Waals surface area (Å²) in [6.07, 6.45) is 8.46. The lowest BCUT2D eigenvalue weighted by atomic mass is 9.92. The van der Waals surface area contributed by atoms with E-state index in [0.717, 1.165) is 48.5 Å². The third-order valence-corrected chi connectivity index (χ3v) is 19.5. The first-order valence-corrected chi connectivity index (χ1v) is 33.2. The van der Waals surface area contributed by atoms with Crippen molar-refractivity contribution in [2.75, 3.05) is 133 Å². The Hall–Kier alpha value is -5.45. The largest absolute Gasteiger partial charge is 0.460 e. The summed E-state index contributed by atoms with van der Waals surface area (Å²) in [5, 5.41) is 75.0. The quantitative estimate of drug-likeness (QED) is 0.00800. The number of aliphatic hydroxyl groups excluding tert-OH is 8. The van der Waals surface area contributed by atoms with Crippen molar-refractivity contribution in [1.29, 1.82) is 0 Å². The lowest BCUT2D eigenvalue weighted by Gasteiger charge is -2.33. The van der Waals surface area contributed by atoms with Gasteiger partial charge in [-0.1, -0.05) is 73.4 Å². The monoisotopic (exact) mass is 1290 g/mol. The summed E-state index contributed by atoms with van der Waals surface area (Å²) in [5.74, 6) is -2.71. The van der Waals surface area contributed by atoms with Gasteiger partial charge in [-0.25, -0.2) is 19.2 Å². The van der Waals surface area contributed by atoms with E-state index in [4.69, 9.17) is 77.3 Å². The Labute approximate surface area is 523 Å². The molecular weight excluding hydrogens is 1180 g/mol. The maximum absolute atomic E-state index is 11.3. The zero-order valence-corrected chi connectivity index (χ0v) is 53.6. The maximum atomic E-state index is 11.3. The highest BCUT2D eigenvalue weighted by Gasteiger charge is 2.34. The van der Waals surface area contributed by atoms with Crippen LogP contribution in [0.25, 0.3) is 0 Å². The molecule has 4 unspecified atom stereocenters. The molecule has 0 amide bonds. The van der Waals surface area contributed by atoms with Crippen molar-refractivity contribution in [3.63, 3.8) is 0 Å². The van der Waals surface area contributed by atoms with E-state index in [1.807, 2.05) is 47.1 Å². The second-order valence-electron chi connectivity index (χ2n) is 19.5. The van der Waals surface area contributed by atoms with Gasteiger partial charge in [-0.3, -0.25) is 0 Å². The minimum Gasteiger partial charge on any atom is -0.460 e. The number of hydrogen-bond donors (Lipinski definition) is 8. The summed E-state index contributed by atoms with van der Waals surface area (Å²) in [5.41, 5.74) is 5.73. The van der Waals surface area contributed by atoms with E-state index in [-0.39, 0.29) is 131 Å². The number of carbonyl (C=O) groups excluding carboxylic acids is 4. The molecule has 0 rings (SSSR count). The molecule has 4 atom stereocenters. The van der Waals surface area contributed by atoms with E-state index in [1.165, 1.54) is 0 Å².